The maximum Gasteiger partial charge on any atom is 0.309 e. The molecule has 0 bridgehead atoms. The number of aryl methyl sites for hydroxylation is 1. The highest BCUT2D eigenvalue weighted by atomic mass is 16.6. The summed E-state index contributed by atoms with van der Waals surface area (Å²) in [5.74, 6) is -1.72. The van der Waals surface area contributed by atoms with Gasteiger partial charge in [0.15, 0.2) is 0 Å². The molecule has 0 unspecified atom stereocenters. The second kappa shape index (κ2) is 16.4. The summed E-state index contributed by atoms with van der Waals surface area (Å²) in [7, 11) is 0. The van der Waals surface area contributed by atoms with Crippen LogP contribution < -0.4 is 16.4 Å². The summed E-state index contributed by atoms with van der Waals surface area (Å²) in [5, 5.41) is 6.03. The molecule has 3 aromatic rings. The lowest BCUT2D eigenvalue weighted by atomic mass is 9.83. The average molecular weight is 628 g/mol. The maximum absolute atomic E-state index is 14.1. The number of nitrogen functional groups attached to an aromatic ring is 1. The number of nitrogens with one attached hydrogen (secondary N) is 2. The molecular formula is C39H53N3O4. The van der Waals surface area contributed by atoms with Crippen molar-refractivity contribution in [3.05, 3.63) is 84.4 Å². The summed E-state index contributed by atoms with van der Waals surface area (Å²) in [4.78, 5) is 41.0. The highest BCUT2D eigenvalue weighted by molar-refractivity contribution is 5.98. The van der Waals surface area contributed by atoms with Gasteiger partial charge in [0.25, 0.3) is 0 Å². The van der Waals surface area contributed by atoms with Gasteiger partial charge in [-0.05, 0) is 92.8 Å². The number of carbonyl (C=O) groups is 3. The number of ether oxygens (including phenoxy) is 1. The molecule has 46 heavy (non-hydrogen) atoms. The lowest BCUT2D eigenvalue weighted by Crippen LogP contribution is -2.53. The minimum absolute atomic E-state index is 0.232. The summed E-state index contributed by atoms with van der Waals surface area (Å²) < 4.78 is 5.80. The van der Waals surface area contributed by atoms with Crippen molar-refractivity contribution in [1.29, 1.82) is 0 Å². The van der Waals surface area contributed by atoms with E-state index < -0.39 is 28.9 Å². The first-order valence-corrected chi connectivity index (χ1v) is 16.5. The first kappa shape index (κ1) is 36.3. The molecule has 3 rings (SSSR count). The molecule has 0 aliphatic rings. The van der Waals surface area contributed by atoms with E-state index in [2.05, 4.69) is 41.8 Å². The van der Waals surface area contributed by atoms with E-state index in [1.807, 2.05) is 96.1 Å². The average Bonchev–Trinajstić information content (AvgIpc) is 2.98. The lowest BCUT2D eigenvalue weighted by Gasteiger charge is -2.32. The lowest BCUT2D eigenvalue weighted by molar-refractivity contribution is -0.161. The van der Waals surface area contributed by atoms with Gasteiger partial charge in [-0.25, -0.2) is 0 Å². The Hall–Kier alpha value is -4.13. The van der Waals surface area contributed by atoms with Gasteiger partial charge >= 0.3 is 5.97 Å². The molecule has 7 nitrogen and oxygen atoms in total. The number of para-hydroxylation sites is 1. The van der Waals surface area contributed by atoms with Gasteiger partial charge in [-0.15, -0.1) is 0 Å². The smallest absolute Gasteiger partial charge is 0.309 e. The fourth-order valence-corrected chi connectivity index (χ4v) is 5.46. The molecule has 0 aliphatic carbocycles. The first-order chi connectivity index (χ1) is 21.7. The van der Waals surface area contributed by atoms with E-state index >= 15 is 0 Å². The van der Waals surface area contributed by atoms with Crippen LogP contribution in [0.1, 0.15) is 86.1 Å². The number of amides is 2. The van der Waals surface area contributed by atoms with Crippen LogP contribution in [0, 0.1) is 17.3 Å². The van der Waals surface area contributed by atoms with Crippen molar-refractivity contribution in [2.45, 2.75) is 98.6 Å². The highest BCUT2D eigenvalue weighted by Gasteiger charge is 2.36. The molecule has 7 heteroatoms. The number of rotatable bonds is 14. The van der Waals surface area contributed by atoms with Gasteiger partial charge in [0, 0.05) is 17.3 Å². The zero-order valence-electron chi connectivity index (χ0n) is 28.7. The molecule has 248 valence electrons. The van der Waals surface area contributed by atoms with E-state index in [1.165, 1.54) is 0 Å². The number of esters is 1. The van der Waals surface area contributed by atoms with E-state index in [1.54, 1.807) is 0 Å². The van der Waals surface area contributed by atoms with Gasteiger partial charge in [0.05, 0.1) is 5.92 Å². The number of unbranched alkanes of at least 4 members (excludes halogenated alkanes) is 1. The van der Waals surface area contributed by atoms with Crippen molar-refractivity contribution in [2.75, 3.05) is 11.1 Å². The quantitative estimate of drug-likeness (QED) is 0.123. The molecule has 0 fully saturated rings. The second-order valence-electron chi connectivity index (χ2n) is 14.3. The molecule has 4 N–H and O–H groups in total. The van der Waals surface area contributed by atoms with Crippen LogP contribution in [0.2, 0.25) is 0 Å². The van der Waals surface area contributed by atoms with Gasteiger partial charge in [-0.2, -0.15) is 0 Å². The number of benzene rings is 3. The molecular weight excluding hydrogens is 574 g/mol. The van der Waals surface area contributed by atoms with Crippen LogP contribution >= 0.6 is 0 Å². The fraction of sp³-hybridized carbons (Fsp3) is 0.462. The molecule has 0 aromatic heterocycles. The van der Waals surface area contributed by atoms with E-state index in [-0.39, 0.29) is 17.8 Å². The molecule has 0 saturated heterocycles. The maximum atomic E-state index is 14.1. The third-order valence-electron chi connectivity index (χ3n) is 8.00. The van der Waals surface area contributed by atoms with Crippen LogP contribution in [0.4, 0.5) is 11.4 Å². The molecule has 0 saturated carbocycles. The zero-order valence-corrected chi connectivity index (χ0v) is 28.7. The summed E-state index contributed by atoms with van der Waals surface area (Å²) in [6, 6.07) is 24.5. The van der Waals surface area contributed by atoms with Crippen LogP contribution in [-0.4, -0.2) is 29.4 Å². The molecule has 0 spiro atoms. The van der Waals surface area contributed by atoms with E-state index in [4.69, 9.17) is 10.5 Å². The predicted octanol–water partition coefficient (Wildman–Crippen LogP) is 8.19. The van der Waals surface area contributed by atoms with Gasteiger partial charge in [0.2, 0.25) is 11.8 Å². The van der Waals surface area contributed by atoms with Gasteiger partial charge in [0.1, 0.15) is 11.6 Å². The van der Waals surface area contributed by atoms with Crippen LogP contribution in [-0.2, 0) is 25.5 Å². The van der Waals surface area contributed by atoms with E-state index in [9.17, 15) is 14.4 Å². The summed E-state index contributed by atoms with van der Waals surface area (Å²) >= 11 is 0. The summed E-state index contributed by atoms with van der Waals surface area (Å²) in [6.45, 7) is 13.5. The molecule has 3 aromatic carbocycles. The zero-order chi connectivity index (χ0) is 33.9. The van der Waals surface area contributed by atoms with Crippen LogP contribution in [0.25, 0.3) is 11.1 Å². The number of nitrogens with two attached hydrogens (primary N) is 1. The Bertz CT molecular complexity index is 1420. The van der Waals surface area contributed by atoms with Crippen LogP contribution in [0.3, 0.4) is 0 Å². The highest BCUT2D eigenvalue weighted by Crippen LogP contribution is 2.29. The topological polar surface area (TPSA) is 111 Å². The number of anilines is 2. The monoisotopic (exact) mass is 627 g/mol. The van der Waals surface area contributed by atoms with Gasteiger partial charge in [-0.3, -0.25) is 14.4 Å². The Labute approximate surface area is 275 Å². The standard InChI is InChI=1S/C39H53N3O4/c1-8-9-14-31(37(45)46-39(5,6)7)25-30(24-21-27-19-22-28(23-20-27)29-15-13-16-32(40)26-29)35(43)42-34(38(2,3)4)36(44)41-33-17-11-10-12-18-33/h10-13,15-20,22-23,26,30-31,34H,8-9,14,21,24-25,40H2,1-7H3,(H,41,44)(H,42,43)/t30-,31+,34-/m1/s1. The molecule has 0 aliphatic heterocycles. The predicted molar refractivity (Wildman–Crippen MR) is 188 cm³/mol. The minimum atomic E-state index is -0.782. The number of hydrogen-bond donors (Lipinski definition) is 3. The minimum Gasteiger partial charge on any atom is -0.460 e. The normalized spacial score (nSPS) is 13.7. The Kier molecular flexibility index (Phi) is 13.0. The molecule has 2 amide bonds. The molecule has 0 radical (unpaired) electrons. The van der Waals surface area contributed by atoms with E-state index in [0.29, 0.717) is 37.1 Å². The van der Waals surface area contributed by atoms with Crippen molar-refractivity contribution in [1.82, 2.24) is 5.32 Å². The third kappa shape index (κ3) is 11.7. The molecule has 3 atom stereocenters. The Morgan fingerprint density at radius 2 is 1.46 bits per heavy atom. The first-order valence-electron chi connectivity index (χ1n) is 16.5. The largest absolute Gasteiger partial charge is 0.460 e. The summed E-state index contributed by atoms with van der Waals surface area (Å²) in [5.41, 5.74) is 9.37. The van der Waals surface area contributed by atoms with Crippen molar-refractivity contribution in [2.24, 2.45) is 17.3 Å². The van der Waals surface area contributed by atoms with Crippen LogP contribution in [0.5, 0.6) is 0 Å². The van der Waals surface area contributed by atoms with Crippen molar-refractivity contribution >= 4 is 29.2 Å². The van der Waals surface area contributed by atoms with Crippen LogP contribution in [0.15, 0.2) is 78.9 Å². The SMILES string of the molecule is CCCC[C@@H](C[C@@H](CCc1ccc(-c2cccc(N)c2)cc1)C(=O)N[C@H](C(=O)Nc1ccccc1)C(C)(C)C)C(=O)OC(C)(C)C. The number of hydrogen-bond acceptors (Lipinski definition) is 5. The molecule has 0 heterocycles. The van der Waals surface area contributed by atoms with Gasteiger partial charge < -0.3 is 21.1 Å². The van der Waals surface area contributed by atoms with Crippen molar-refractivity contribution < 1.29 is 19.1 Å². The van der Waals surface area contributed by atoms with Crippen molar-refractivity contribution in [3.8, 4) is 11.1 Å². The Balaban J connectivity index is 1.85. The number of carbonyl (C=O) groups excluding carboxylic acids is 3. The third-order valence-corrected chi connectivity index (χ3v) is 8.00. The summed E-state index contributed by atoms with van der Waals surface area (Å²) in [6.07, 6.45) is 3.93. The Morgan fingerprint density at radius 3 is 2.04 bits per heavy atom. The fourth-order valence-electron chi connectivity index (χ4n) is 5.46. The van der Waals surface area contributed by atoms with E-state index in [0.717, 1.165) is 29.5 Å². The Morgan fingerprint density at radius 1 is 0.783 bits per heavy atom. The second-order valence-corrected chi connectivity index (χ2v) is 14.3. The van der Waals surface area contributed by atoms with Gasteiger partial charge in [-0.1, -0.05) is 95.1 Å². The van der Waals surface area contributed by atoms with Crippen molar-refractivity contribution in [3.63, 3.8) is 0 Å².